The van der Waals surface area contributed by atoms with Crippen molar-refractivity contribution in [3.63, 3.8) is 0 Å². The second kappa shape index (κ2) is 4.94. The maximum absolute atomic E-state index is 11.4. The first-order chi connectivity index (χ1) is 10.0. The number of ether oxygens (including phenoxy) is 1. The summed E-state index contributed by atoms with van der Waals surface area (Å²) in [5, 5.41) is 0.879. The molecule has 0 aliphatic carbocycles. The average Bonchev–Trinajstić information content (AvgIpc) is 2.41. The van der Waals surface area contributed by atoms with Crippen molar-refractivity contribution < 1.29 is 9.15 Å². The zero-order chi connectivity index (χ0) is 15.0. The summed E-state index contributed by atoms with van der Waals surface area (Å²) in [6.07, 6.45) is 1.54. The fraction of sp³-hybridized carbons (Fsp3) is 0.125. The van der Waals surface area contributed by atoms with Crippen molar-refractivity contribution in [2.45, 2.75) is 13.8 Å². The third kappa shape index (κ3) is 2.58. The van der Waals surface area contributed by atoms with Gasteiger partial charge in [0.2, 0.25) is 5.88 Å². The number of hydrogen-bond acceptors (Lipinski definition) is 5. The van der Waals surface area contributed by atoms with Gasteiger partial charge in [0.1, 0.15) is 11.3 Å². The Bertz CT molecular complexity index is 884. The van der Waals surface area contributed by atoms with Gasteiger partial charge in [0, 0.05) is 23.1 Å². The minimum atomic E-state index is -0.376. The SMILES string of the molecule is Cc1cc(N)cnc1Oc1ccc2c(C)cc(=O)oc2c1. The molecule has 5 heteroatoms. The molecule has 21 heavy (non-hydrogen) atoms. The smallest absolute Gasteiger partial charge is 0.336 e. The lowest BCUT2D eigenvalue weighted by Crippen LogP contribution is -1.98. The van der Waals surface area contributed by atoms with Crippen molar-refractivity contribution in [3.8, 4) is 11.6 Å². The molecular weight excluding hydrogens is 268 g/mol. The van der Waals surface area contributed by atoms with Crippen LogP contribution in [-0.4, -0.2) is 4.98 Å². The first kappa shape index (κ1) is 13.2. The highest BCUT2D eigenvalue weighted by Gasteiger charge is 2.07. The van der Waals surface area contributed by atoms with Crippen LogP contribution < -0.4 is 16.1 Å². The Morgan fingerprint density at radius 3 is 2.71 bits per heavy atom. The lowest BCUT2D eigenvalue weighted by molar-refractivity contribution is 0.457. The number of anilines is 1. The molecule has 0 saturated carbocycles. The van der Waals surface area contributed by atoms with Crippen LogP contribution in [0.15, 0.2) is 45.7 Å². The molecule has 1 aromatic carbocycles. The van der Waals surface area contributed by atoms with Crippen LogP contribution in [-0.2, 0) is 0 Å². The predicted octanol–water partition coefficient (Wildman–Crippen LogP) is 3.18. The molecule has 106 valence electrons. The highest BCUT2D eigenvalue weighted by molar-refractivity contribution is 5.81. The van der Waals surface area contributed by atoms with E-state index in [9.17, 15) is 4.79 Å². The number of hydrogen-bond donors (Lipinski definition) is 1. The molecule has 0 amide bonds. The fourth-order valence-corrected chi connectivity index (χ4v) is 2.17. The molecule has 0 fully saturated rings. The Hall–Kier alpha value is -2.82. The zero-order valence-electron chi connectivity index (χ0n) is 11.7. The van der Waals surface area contributed by atoms with Crippen molar-refractivity contribution in [3.05, 3.63) is 58.1 Å². The van der Waals surface area contributed by atoms with Crippen LogP contribution in [0.5, 0.6) is 11.6 Å². The fourth-order valence-electron chi connectivity index (χ4n) is 2.17. The second-order valence-electron chi connectivity index (χ2n) is 4.90. The van der Waals surface area contributed by atoms with Crippen LogP contribution in [0.2, 0.25) is 0 Å². The lowest BCUT2D eigenvalue weighted by Gasteiger charge is -2.09. The van der Waals surface area contributed by atoms with E-state index in [1.807, 2.05) is 26.0 Å². The molecule has 2 aromatic heterocycles. The lowest BCUT2D eigenvalue weighted by atomic mass is 10.1. The Labute approximate surface area is 121 Å². The van der Waals surface area contributed by atoms with Gasteiger partial charge in [-0.25, -0.2) is 9.78 Å². The van der Waals surface area contributed by atoms with Gasteiger partial charge in [-0.15, -0.1) is 0 Å². The highest BCUT2D eigenvalue weighted by Crippen LogP contribution is 2.27. The Kier molecular flexibility index (Phi) is 3.10. The minimum Gasteiger partial charge on any atom is -0.439 e. The van der Waals surface area contributed by atoms with Crippen LogP contribution in [0.1, 0.15) is 11.1 Å². The van der Waals surface area contributed by atoms with Gasteiger partial charge >= 0.3 is 5.63 Å². The number of nitrogen functional groups attached to an aromatic ring is 1. The van der Waals surface area contributed by atoms with E-state index in [4.69, 9.17) is 14.9 Å². The van der Waals surface area contributed by atoms with E-state index in [-0.39, 0.29) is 5.63 Å². The monoisotopic (exact) mass is 282 g/mol. The van der Waals surface area contributed by atoms with E-state index in [1.165, 1.54) is 12.3 Å². The maximum atomic E-state index is 11.4. The first-order valence-electron chi connectivity index (χ1n) is 6.47. The third-order valence-corrected chi connectivity index (χ3v) is 3.19. The number of pyridine rings is 1. The molecule has 5 nitrogen and oxygen atoms in total. The van der Waals surface area contributed by atoms with Crippen LogP contribution in [0, 0.1) is 13.8 Å². The van der Waals surface area contributed by atoms with Crippen molar-refractivity contribution in [1.82, 2.24) is 4.98 Å². The topological polar surface area (TPSA) is 78.4 Å². The molecule has 0 saturated heterocycles. The predicted molar refractivity (Wildman–Crippen MR) is 80.7 cm³/mol. The Morgan fingerprint density at radius 2 is 1.95 bits per heavy atom. The minimum absolute atomic E-state index is 0.376. The summed E-state index contributed by atoms with van der Waals surface area (Å²) in [4.78, 5) is 15.6. The largest absolute Gasteiger partial charge is 0.439 e. The molecular formula is C16H14N2O3. The standard InChI is InChI=1S/C16H14N2O3/c1-9-6-15(19)21-14-7-12(3-4-13(9)14)20-16-10(2)5-11(17)8-18-16/h3-8H,17H2,1-2H3. The number of benzene rings is 1. The van der Waals surface area contributed by atoms with Crippen molar-refractivity contribution in [2.75, 3.05) is 5.73 Å². The van der Waals surface area contributed by atoms with E-state index in [2.05, 4.69) is 4.98 Å². The molecule has 2 N–H and O–H groups in total. The molecule has 3 rings (SSSR count). The normalized spacial score (nSPS) is 10.8. The highest BCUT2D eigenvalue weighted by atomic mass is 16.5. The average molecular weight is 282 g/mol. The van der Waals surface area contributed by atoms with Crippen LogP contribution in [0.3, 0.4) is 0 Å². The summed E-state index contributed by atoms with van der Waals surface area (Å²) in [6.45, 7) is 3.73. The number of rotatable bonds is 2. The van der Waals surface area contributed by atoms with Gasteiger partial charge in [-0.1, -0.05) is 0 Å². The summed E-state index contributed by atoms with van der Waals surface area (Å²) in [5.74, 6) is 1.02. The molecule has 0 unspecified atom stereocenters. The summed E-state index contributed by atoms with van der Waals surface area (Å²) in [5.41, 5.74) is 8.06. The number of nitrogens with two attached hydrogens (primary N) is 1. The summed E-state index contributed by atoms with van der Waals surface area (Å²) in [7, 11) is 0. The first-order valence-corrected chi connectivity index (χ1v) is 6.47. The van der Waals surface area contributed by atoms with Crippen molar-refractivity contribution in [2.24, 2.45) is 0 Å². The van der Waals surface area contributed by atoms with E-state index in [1.54, 1.807) is 12.1 Å². The van der Waals surface area contributed by atoms with E-state index in [0.717, 1.165) is 16.5 Å². The van der Waals surface area contributed by atoms with Crippen molar-refractivity contribution in [1.29, 1.82) is 0 Å². The van der Waals surface area contributed by atoms with E-state index in [0.29, 0.717) is 22.9 Å². The number of nitrogens with zero attached hydrogens (tertiary/aromatic N) is 1. The Balaban J connectivity index is 2.03. The molecule has 0 aliphatic rings. The summed E-state index contributed by atoms with van der Waals surface area (Å²) in [6, 6.07) is 8.60. The van der Waals surface area contributed by atoms with Gasteiger partial charge in [0.05, 0.1) is 11.9 Å². The molecule has 0 bridgehead atoms. The second-order valence-corrected chi connectivity index (χ2v) is 4.90. The number of fused-ring (bicyclic) bond motifs is 1. The maximum Gasteiger partial charge on any atom is 0.336 e. The zero-order valence-corrected chi connectivity index (χ0v) is 11.7. The van der Waals surface area contributed by atoms with Gasteiger partial charge in [-0.05, 0) is 37.6 Å². The number of aryl methyl sites for hydroxylation is 2. The van der Waals surface area contributed by atoms with Gasteiger partial charge in [-0.2, -0.15) is 0 Å². The Morgan fingerprint density at radius 1 is 1.14 bits per heavy atom. The molecule has 0 aliphatic heterocycles. The van der Waals surface area contributed by atoms with Crippen LogP contribution in [0.25, 0.3) is 11.0 Å². The van der Waals surface area contributed by atoms with Gasteiger partial charge < -0.3 is 14.9 Å². The molecule has 0 spiro atoms. The van der Waals surface area contributed by atoms with Gasteiger partial charge in [0.15, 0.2) is 0 Å². The molecule has 2 heterocycles. The van der Waals surface area contributed by atoms with Gasteiger partial charge in [-0.3, -0.25) is 0 Å². The quantitative estimate of drug-likeness (QED) is 0.730. The molecule has 3 aromatic rings. The van der Waals surface area contributed by atoms with Gasteiger partial charge in [0.25, 0.3) is 0 Å². The van der Waals surface area contributed by atoms with Crippen LogP contribution in [0.4, 0.5) is 5.69 Å². The molecule has 0 radical (unpaired) electrons. The third-order valence-electron chi connectivity index (χ3n) is 3.19. The van der Waals surface area contributed by atoms with E-state index >= 15 is 0 Å². The summed E-state index contributed by atoms with van der Waals surface area (Å²) < 4.78 is 10.9. The number of aromatic nitrogens is 1. The van der Waals surface area contributed by atoms with Crippen LogP contribution >= 0.6 is 0 Å². The van der Waals surface area contributed by atoms with E-state index < -0.39 is 0 Å². The molecule has 0 atom stereocenters. The summed E-state index contributed by atoms with van der Waals surface area (Å²) >= 11 is 0. The van der Waals surface area contributed by atoms with Crippen molar-refractivity contribution >= 4 is 16.7 Å².